The van der Waals surface area contributed by atoms with Gasteiger partial charge in [-0.05, 0) is 26.3 Å². The SMILES string of the molecule is C[C@H](c1ccccc1)[C@H](CO)NC(=O)OC(C)(C)C. The van der Waals surface area contributed by atoms with Crippen LogP contribution in [0.25, 0.3) is 0 Å². The van der Waals surface area contributed by atoms with E-state index < -0.39 is 11.7 Å². The van der Waals surface area contributed by atoms with Crippen LogP contribution in [-0.4, -0.2) is 29.4 Å². The lowest BCUT2D eigenvalue weighted by Gasteiger charge is -2.26. The van der Waals surface area contributed by atoms with E-state index >= 15 is 0 Å². The number of rotatable bonds is 4. The molecule has 1 aromatic rings. The van der Waals surface area contributed by atoms with Crippen LogP contribution in [0.4, 0.5) is 4.79 Å². The van der Waals surface area contributed by atoms with Gasteiger partial charge in [-0.3, -0.25) is 0 Å². The minimum atomic E-state index is -0.542. The molecule has 0 radical (unpaired) electrons. The second-order valence-electron chi connectivity index (χ2n) is 5.63. The van der Waals surface area contributed by atoms with E-state index in [-0.39, 0.29) is 18.6 Å². The Morgan fingerprint density at radius 2 is 1.89 bits per heavy atom. The zero-order valence-electron chi connectivity index (χ0n) is 12.0. The quantitative estimate of drug-likeness (QED) is 0.880. The van der Waals surface area contributed by atoms with E-state index in [9.17, 15) is 9.90 Å². The van der Waals surface area contributed by atoms with Crippen molar-refractivity contribution < 1.29 is 14.6 Å². The fourth-order valence-corrected chi connectivity index (χ4v) is 1.78. The van der Waals surface area contributed by atoms with Crippen molar-refractivity contribution in [1.82, 2.24) is 5.32 Å². The molecule has 0 saturated carbocycles. The molecular weight excluding hydrogens is 242 g/mol. The van der Waals surface area contributed by atoms with Gasteiger partial charge < -0.3 is 15.2 Å². The molecule has 0 aliphatic rings. The second kappa shape index (κ2) is 6.57. The number of nitrogens with one attached hydrogen (secondary N) is 1. The second-order valence-corrected chi connectivity index (χ2v) is 5.63. The first-order chi connectivity index (χ1) is 8.83. The zero-order valence-corrected chi connectivity index (χ0v) is 12.0. The Morgan fingerprint density at radius 3 is 2.37 bits per heavy atom. The summed E-state index contributed by atoms with van der Waals surface area (Å²) in [6.45, 7) is 7.26. The first kappa shape index (κ1) is 15.5. The summed E-state index contributed by atoms with van der Waals surface area (Å²) in [6, 6.07) is 9.40. The molecular formula is C15H23NO3. The highest BCUT2D eigenvalue weighted by Gasteiger charge is 2.23. The van der Waals surface area contributed by atoms with Crippen molar-refractivity contribution in [2.24, 2.45) is 0 Å². The number of hydrogen-bond donors (Lipinski definition) is 2. The monoisotopic (exact) mass is 265 g/mol. The number of aliphatic hydroxyl groups excluding tert-OH is 1. The molecule has 0 aromatic heterocycles. The van der Waals surface area contributed by atoms with Gasteiger partial charge in [-0.2, -0.15) is 0 Å². The number of hydrogen-bond acceptors (Lipinski definition) is 3. The van der Waals surface area contributed by atoms with Gasteiger partial charge in [0.05, 0.1) is 12.6 Å². The van der Waals surface area contributed by atoms with Gasteiger partial charge in [-0.15, -0.1) is 0 Å². The first-order valence-corrected chi connectivity index (χ1v) is 6.49. The molecule has 19 heavy (non-hydrogen) atoms. The Labute approximate surface area is 114 Å². The molecule has 0 bridgehead atoms. The topological polar surface area (TPSA) is 58.6 Å². The van der Waals surface area contributed by atoms with Gasteiger partial charge >= 0.3 is 6.09 Å². The van der Waals surface area contributed by atoms with Crippen molar-refractivity contribution in [3.05, 3.63) is 35.9 Å². The molecule has 4 heteroatoms. The molecule has 4 nitrogen and oxygen atoms in total. The third kappa shape index (κ3) is 5.30. The number of ether oxygens (including phenoxy) is 1. The highest BCUT2D eigenvalue weighted by atomic mass is 16.6. The van der Waals surface area contributed by atoms with E-state index in [0.717, 1.165) is 5.56 Å². The van der Waals surface area contributed by atoms with Crippen LogP contribution in [0.1, 0.15) is 39.2 Å². The van der Waals surface area contributed by atoms with Gasteiger partial charge in [-0.25, -0.2) is 4.79 Å². The van der Waals surface area contributed by atoms with Crippen LogP contribution in [0.5, 0.6) is 0 Å². The minimum Gasteiger partial charge on any atom is -0.444 e. The van der Waals surface area contributed by atoms with E-state index in [2.05, 4.69) is 5.32 Å². The predicted octanol–water partition coefficient (Wildman–Crippen LogP) is 2.68. The van der Waals surface area contributed by atoms with Gasteiger partial charge in [0.2, 0.25) is 0 Å². The Hall–Kier alpha value is -1.55. The number of carbonyl (C=O) groups excluding carboxylic acids is 1. The zero-order chi connectivity index (χ0) is 14.5. The number of benzene rings is 1. The van der Waals surface area contributed by atoms with Gasteiger partial charge in [-0.1, -0.05) is 37.3 Å². The Kier molecular flexibility index (Phi) is 5.36. The largest absolute Gasteiger partial charge is 0.444 e. The number of alkyl carbamates (subject to hydrolysis) is 1. The molecule has 0 aliphatic carbocycles. The molecule has 0 unspecified atom stereocenters. The molecule has 1 aromatic carbocycles. The van der Waals surface area contributed by atoms with Gasteiger partial charge in [0, 0.05) is 5.92 Å². The van der Waals surface area contributed by atoms with E-state index in [1.54, 1.807) is 20.8 Å². The summed E-state index contributed by atoms with van der Waals surface area (Å²) < 4.78 is 5.19. The van der Waals surface area contributed by atoms with Gasteiger partial charge in [0.25, 0.3) is 0 Å². The highest BCUT2D eigenvalue weighted by Crippen LogP contribution is 2.19. The van der Waals surface area contributed by atoms with Gasteiger partial charge in [0.1, 0.15) is 5.60 Å². The van der Waals surface area contributed by atoms with E-state index in [4.69, 9.17) is 4.74 Å². The van der Waals surface area contributed by atoms with Gasteiger partial charge in [0.15, 0.2) is 0 Å². The summed E-state index contributed by atoms with van der Waals surface area (Å²) in [5.41, 5.74) is 0.526. The Bertz CT molecular complexity index is 398. The number of carbonyl (C=O) groups is 1. The number of aliphatic hydroxyl groups is 1. The lowest BCUT2D eigenvalue weighted by Crippen LogP contribution is -2.43. The highest BCUT2D eigenvalue weighted by molar-refractivity contribution is 5.68. The fourth-order valence-electron chi connectivity index (χ4n) is 1.78. The molecule has 1 rings (SSSR count). The maximum Gasteiger partial charge on any atom is 0.407 e. The van der Waals surface area contributed by atoms with Crippen molar-refractivity contribution >= 4 is 6.09 Å². The average Bonchev–Trinajstić information content (AvgIpc) is 2.34. The predicted molar refractivity (Wildman–Crippen MR) is 75.1 cm³/mol. The lowest BCUT2D eigenvalue weighted by molar-refractivity contribution is 0.0473. The fraction of sp³-hybridized carbons (Fsp3) is 0.533. The van der Waals surface area contributed by atoms with Crippen LogP contribution in [0.15, 0.2) is 30.3 Å². The lowest BCUT2D eigenvalue weighted by atomic mass is 9.94. The third-order valence-corrected chi connectivity index (χ3v) is 2.83. The summed E-state index contributed by atoms with van der Waals surface area (Å²) in [7, 11) is 0. The van der Waals surface area contributed by atoms with Crippen molar-refractivity contribution in [1.29, 1.82) is 0 Å². The Morgan fingerprint density at radius 1 is 1.32 bits per heavy atom. The Balaban J connectivity index is 2.66. The summed E-state index contributed by atoms with van der Waals surface area (Å²) >= 11 is 0. The van der Waals surface area contributed by atoms with E-state index in [1.165, 1.54) is 0 Å². The van der Waals surface area contributed by atoms with E-state index in [0.29, 0.717) is 0 Å². The first-order valence-electron chi connectivity index (χ1n) is 6.49. The molecule has 0 aliphatic heterocycles. The molecule has 0 fully saturated rings. The maximum atomic E-state index is 11.7. The van der Waals surface area contributed by atoms with E-state index in [1.807, 2.05) is 37.3 Å². The average molecular weight is 265 g/mol. The molecule has 0 heterocycles. The van der Waals surface area contributed by atoms with Crippen LogP contribution in [0.3, 0.4) is 0 Å². The van der Waals surface area contributed by atoms with Crippen molar-refractivity contribution in [2.75, 3.05) is 6.61 Å². The molecule has 0 saturated heterocycles. The minimum absolute atomic E-state index is 0.0127. The summed E-state index contributed by atoms with van der Waals surface area (Å²) in [6.07, 6.45) is -0.505. The standard InChI is InChI=1S/C15H23NO3/c1-11(12-8-6-5-7-9-12)13(10-17)16-14(18)19-15(2,3)4/h5-9,11,13,17H,10H2,1-4H3,(H,16,18)/t11-,13+/m1/s1. The smallest absolute Gasteiger partial charge is 0.407 e. The van der Waals surface area contributed by atoms with Crippen LogP contribution in [0.2, 0.25) is 0 Å². The van der Waals surface area contributed by atoms with Crippen molar-refractivity contribution in [3.8, 4) is 0 Å². The van der Waals surface area contributed by atoms with Crippen molar-refractivity contribution in [2.45, 2.75) is 45.3 Å². The molecule has 2 atom stereocenters. The van der Waals surface area contributed by atoms with Crippen LogP contribution in [0, 0.1) is 0 Å². The third-order valence-electron chi connectivity index (χ3n) is 2.83. The number of amides is 1. The summed E-state index contributed by atoms with van der Waals surface area (Å²) in [4.78, 5) is 11.7. The molecule has 1 amide bonds. The molecule has 0 spiro atoms. The summed E-state index contributed by atoms with van der Waals surface area (Å²) in [5, 5.41) is 12.1. The summed E-state index contributed by atoms with van der Waals surface area (Å²) in [5.74, 6) is 0.0127. The van der Waals surface area contributed by atoms with Crippen molar-refractivity contribution in [3.63, 3.8) is 0 Å². The maximum absolute atomic E-state index is 11.7. The molecule has 2 N–H and O–H groups in total. The van der Waals surface area contributed by atoms with Crippen LogP contribution >= 0.6 is 0 Å². The molecule has 106 valence electrons. The normalized spacial score (nSPS) is 14.6. The van der Waals surface area contributed by atoms with Crippen LogP contribution in [-0.2, 0) is 4.74 Å². The van der Waals surface area contributed by atoms with Crippen LogP contribution < -0.4 is 5.32 Å².